The molecule has 0 heteroatoms. The Balaban J connectivity index is 2.25. The van der Waals surface area contributed by atoms with Gasteiger partial charge in [-0.15, -0.1) is 0 Å². The van der Waals surface area contributed by atoms with Crippen LogP contribution in [0.3, 0.4) is 0 Å². The third-order valence-corrected chi connectivity index (χ3v) is 3.53. The van der Waals surface area contributed by atoms with E-state index in [9.17, 15) is 0 Å². The van der Waals surface area contributed by atoms with Crippen LogP contribution in [-0.2, 0) is 0 Å². The summed E-state index contributed by atoms with van der Waals surface area (Å²) in [5.74, 6) is 0. The molecule has 0 N–H and O–H groups in total. The first-order valence-corrected chi connectivity index (χ1v) is 6.28. The average molecular weight is 224 g/mol. The zero-order valence-electron chi connectivity index (χ0n) is 11.0. The average Bonchev–Trinajstić information content (AvgIpc) is 2.39. The molecule has 0 fully saturated rings. The van der Waals surface area contributed by atoms with Gasteiger partial charge in [0.25, 0.3) is 0 Å². The standard InChI is InChI=1S/C17H20/c1-13(2)14(3)15-9-11-17(12-10-15)16-7-5-4-6-8-16/h4-9,11H,10,12H2,1-3H3. The van der Waals surface area contributed by atoms with Gasteiger partial charge in [0.1, 0.15) is 0 Å². The second kappa shape index (κ2) is 5.18. The Morgan fingerprint density at radius 3 is 2.12 bits per heavy atom. The fraction of sp³-hybridized carbons (Fsp3) is 0.294. The predicted molar refractivity (Wildman–Crippen MR) is 75.8 cm³/mol. The molecule has 0 aromatic heterocycles. The lowest BCUT2D eigenvalue weighted by Gasteiger charge is -2.16. The van der Waals surface area contributed by atoms with Crippen molar-refractivity contribution in [3.8, 4) is 0 Å². The normalized spacial score (nSPS) is 15.0. The fourth-order valence-corrected chi connectivity index (χ4v) is 2.16. The summed E-state index contributed by atoms with van der Waals surface area (Å²) >= 11 is 0. The van der Waals surface area contributed by atoms with E-state index in [0.717, 1.165) is 12.8 Å². The first-order chi connectivity index (χ1) is 8.18. The van der Waals surface area contributed by atoms with E-state index in [-0.39, 0.29) is 0 Å². The molecule has 0 radical (unpaired) electrons. The highest BCUT2D eigenvalue weighted by molar-refractivity contribution is 5.69. The summed E-state index contributed by atoms with van der Waals surface area (Å²) in [5, 5.41) is 0. The second-order valence-corrected chi connectivity index (χ2v) is 4.87. The van der Waals surface area contributed by atoms with E-state index < -0.39 is 0 Å². The highest BCUT2D eigenvalue weighted by Gasteiger charge is 2.09. The van der Waals surface area contributed by atoms with Gasteiger partial charge >= 0.3 is 0 Å². The van der Waals surface area contributed by atoms with Gasteiger partial charge in [0.05, 0.1) is 0 Å². The predicted octanol–water partition coefficient (Wildman–Crippen LogP) is 5.15. The third kappa shape index (κ3) is 2.76. The maximum atomic E-state index is 2.29. The molecule has 0 aliphatic heterocycles. The SMILES string of the molecule is CC(C)=C(C)C1=CC=C(c2ccccc2)CC1. The largest absolute Gasteiger partial charge is 0.0732 e. The van der Waals surface area contributed by atoms with Crippen LogP contribution in [0.25, 0.3) is 5.57 Å². The molecule has 0 atom stereocenters. The maximum Gasteiger partial charge on any atom is -0.0224 e. The van der Waals surface area contributed by atoms with E-state index in [4.69, 9.17) is 0 Å². The lowest BCUT2D eigenvalue weighted by Crippen LogP contribution is -1.96. The molecular formula is C17H20. The van der Waals surface area contributed by atoms with Crippen molar-refractivity contribution in [3.63, 3.8) is 0 Å². The Hall–Kier alpha value is -1.56. The van der Waals surface area contributed by atoms with Crippen LogP contribution in [0.4, 0.5) is 0 Å². The minimum Gasteiger partial charge on any atom is -0.0732 e. The highest BCUT2D eigenvalue weighted by atomic mass is 14.1. The van der Waals surface area contributed by atoms with Crippen molar-refractivity contribution >= 4 is 5.57 Å². The van der Waals surface area contributed by atoms with Crippen molar-refractivity contribution in [3.05, 3.63) is 64.8 Å². The molecule has 0 nitrogen and oxygen atoms in total. The molecule has 0 bridgehead atoms. The van der Waals surface area contributed by atoms with Crippen LogP contribution in [0.2, 0.25) is 0 Å². The summed E-state index contributed by atoms with van der Waals surface area (Å²) in [7, 11) is 0. The van der Waals surface area contributed by atoms with Gasteiger partial charge in [-0.3, -0.25) is 0 Å². The monoisotopic (exact) mass is 224 g/mol. The van der Waals surface area contributed by atoms with E-state index in [0.29, 0.717) is 0 Å². The summed E-state index contributed by atoms with van der Waals surface area (Å²) < 4.78 is 0. The van der Waals surface area contributed by atoms with Gasteiger partial charge in [-0.25, -0.2) is 0 Å². The topological polar surface area (TPSA) is 0 Å². The van der Waals surface area contributed by atoms with E-state index in [1.54, 1.807) is 0 Å². The molecular weight excluding hydrogens is 204 g/mol. The zero-order valence-corrected chi connectivity index (χ0v) is 11.0. The lowest BCUT2D eigenvalue weighted by atomic mass is 9.89. The van der Waals surface area contributed by atoms with Crippen LogP contribution < -0.4 is 0 Å². The second-order valence-electron chi connectivity index (χ2n) is 4.87. The van der Waals surface area contributed by atoms with Crippen molar-refractivity contribution in [2.45, 2.75) is 33.6 Å². The molecule has 1 aliphatic rings. The van der Waals surface area contributed by atoms with Crippen LogP contribution in [0.1, 0.15) is 39.2 Å². The molecule has 1 aliphatic carbocycles. The third-order valence-electron chi connectivity index (χ3n) is 3.53. The first kappa shape index (κ1) is 11.9. The highest BCUT2D eigenvalue weighted by Crippen LogP contribution is 2.30. The van der Waals surface area contributed by atoms with Crippen LogP contribution in [0, 0.1) is 0 Å². The first-order valence-electron chi connectivity index (χ1n) is 6.28. The van der Waals surface area contributed by atoms with Crippen LogP contribution in [-0.4, -0.2) is 0 Å². The van der Waals surface area contributed by atoms with Gasteiger partial charge in [0.15, 0.2) is 0 Å². The smallest absolute Gasteiger partial charge is 0.0224 e. The van der Waals surface area contributed by atoms with E-state index in [1.165, 1.54) is 27.9 Å². The number of benzene rings is 1. The van der Waals surface area contributed by atoms with Gasteiger partial charge < -0.3 is 0 Å². The lowest BCUT2D eigenvalue weighted by molar-refractivity contribution is 0.974. The molecule has 1 aromatic rings. The summed E-state index contributed by atoms with van der Waals surface area (Å²) in [5.41, 5.74) is 7.18. The molecule has 88 valence electrons. The van der Waals surface area contributed by atoms with Crippen molar-refractivity contribution in [2.75, 3.05) is 0 Å². The molecule has 2 rings (SSSR count). The van der Waals surface area contributed by atoms with Crippen molar-refractivity contribution in [2.24, 2.45) is 0 Å². The number of rotatable bonds is 2. The fourth-order valence-electron chi connectivity index (χ4n) is 2.16. The summed E-state index contributed by atoms with van der Waals surface area (Å²) in [6, 6.07) is 10.7. The Bertz CT molecular complexity index is 480. The van der Waals surface area contributed by atoms with E-state index in [1.807, 2.05) is 0 Å². The number of allylic oxidation sites excluding steroid dienone is 6. The van der Waals surface area contributed by atoms with Gasteiger partial charge in [0, 0.05) is 0 Å². The summed E-state index contributed by atoms with van der Waals surface area (Å²) in [6.07, 6.45) is 6.88. The molecule has 1 aromatic carbocycles. The van der Waals surface area contributed by atoms with Crippen LogP contribution in [0.15, 0.2) is 59.2 Å². The Kier molecular flexibility index (Phi) is 3.63. The summed E-state index contributed by atoms with van der Waals surface area (Å²) in [6.45, 7) is 6.60. The molecule has 0 unspecified atom stereocenters. The van der Waals surface area contributed by atoms with Gasteiger partial charge in [-0.05, 0) is 55.9 Å². The molecule has 17 heavy (non-hydrogen) atoms. The Morgan fingerprint density at radius 2 is 1.59 bits per heavy atom. The van der Waals surface area contributed by atoms with E-state index >= 15 is 0 Å². The molecule has 0 spiro atoms. The van der Waals surface area contributed by atoms with Gasteiger partial charge in [-0.2, -0.15) is 0 Å². The molecule has 0 saturated carbocycles. The quantitative estimate of drug-likeness (QED) is 0.652. The molecule has 0 saturated heterocycles. The minimum absolute atomic E-state index is 1.15. The van der Waals surface area contributed by atoms with Gasteiger partial charge in [0.2, 0.25) is 0 Å². The Morgan fingerprint density at radius 1 is 0.882 bits per heavy atom. The molecule has 0 heterocycles. The number of hydrogen-bond donors (Lipinski definition) is 0. The van der Waals surface area contributed by atoms with Crippen molar-refractivity contribution < 1.29 is 0 Å². The summed E-state index contributed by atoms with van der Waals surface area (Å²) in [4.78, 5) is 0. The minimum atomic E-state index is 1.15. The van der Waals surface area contributed by atoms with Gasteiger partial charge in [-0.1, -0.05) is 48.1 Å². The Labute approximate surface area is 104 Å². The van der Waals surface area contributed by atoms with Crippen LogP contribution in [0.5, 0.6) is 0 Å². The van der Waals surface area contributed by atoms with Crippen LogP contribution >= 0.6 is 0 Å². The van der Waals surface area contributed by atoms with Crippen molar-refractivity contribution in [1.29, 1.82) is 0 Å². The molecule has 0 amide bonds. The zero-order chi connectivity index (χ0) is 12.3. The van der Waals surface area contributed by atoms with Crippen molar-refractivity contribution in [1.82, 2.24) is 0 Å². The maximum absolute atomic E-state index is 2.29. The van der Waals surface area contributed by atoms with E-state index in [2.05, 4.69) is 63.3 Å². The number of hydrogen-bond acceptors (Lipinski definition) is 0.